The van der Waals surface area contributed by atoms with Gasteiger partial charge in [0.15, 0.2) is 0 Å². The summed E-state index contributed by atoms with van der Waals surface area (Å²) in [7, 11) is 0. The van der Waals surface area contributed by atoms with Crippen molar-refractivity contribution in [2.45, 2.75) is 32.1 Å². The van der Waals surface area contributed by atoms with Crippen LogP contribution in [0.2, 0.25) is 1.41 Å². The average molecular weight is 313 g/mol. The van der Waals surface area contributed by atoms with Crippen LogP contribution in [0, 0.1) is 0 Å². The van der Waals surface area contributed by atoms with Crippen molar-refractivity contribution >= 4 is 5.57 Å². The van der Waals surface area contributed by atoms with Crippen molar-refractivity contribution in [2.75, 3.05) is 39.2 Å². The Balaban J connectivity index is 1.98. The maximum Gasteiger partial charge on any atom is 0.123 e. The lowest BCUT2D eigenvalue weighted by Gasteiger charge is -2.26. The van der Waals surface area contributed by atoms with E-state index in [0.29, 0.717) is 5.31 Å². The molecular weight excluding hydrogens is 272 g/mol. The predicted molar refractivity (Wildman–Crippen MR) is 92.3 cm³/mol. The molecule has 1 saturated heterocycles. The summed E-state index contributed by atoms with van der Waals surface area (Å²) in [6, 6.07) is -3.45. The third-order valence-electron chi connectivity index (χ3n) is 3.54. The molecule has 3 nitrogen and oxygen atoms in total. The van der Waals surface area contributed by atoms with Gasteiger partial charge in [-0.15, -0.1) is 0 Å². The molecule has 0 amide bonds. The van der Waals surface area contributed by atoms with Crippen LogP contribution in [0.3, 0.4) is 0 Å². The van der Waals surface area contributed by atoms with E-state index >= 15 is 0 Å². The summed E-state index contributed by atoms with van der Waals surface area (Å²) in [4.78, 5) is 1.95. The molecule has 2 heterocycles. The Morgan fingerprint density at radius 1 is 1.27 bits per heavy atom. The second-order valence-electron chi connectivity index (χ2n) is 5.14. The second kappa shape index (κ2) is 8.35. The minimum Gasteiger partial charge on any atom is -0.494 e. The van der Waals surface area contributed by atoms with Crippen molar-refractivity contribution in [2.24, 2.45) is 0 Å². The van der Waals surface area contributed by atoms with Crippen LogP contribution in [-0.4, -0.2) is 44.1 Å². The van der Waals surface area contributed by atoms with E-state index in [4.69, 9.17) is 21.2 Å². The largest absolute Gasteiger partial charge is 0.494 e. The van der Waals surface area contributed by atoms with Crippen LogP contribution in [-0.2, 0) is 0 Å². The first-order valence-electron chi connectivity index (χ1n) is 13.7. The van der Waals surface area contributed by atoms with Gasteiger partial charge in [-0.05, 0) is 68.5 Å². The minimum atomic E-state index is -2.61. The molecular formula is C19H28N2O. The van der Waals surface area contributed by atoms with Crippen LogP contribution in [0.25, 0.3) is 5.57 Å². The lowest BCUT2D eigenvalue weighted by atomic mass is 10.0. The normalized spacial score (nSPS) is 41.0. The van der Waals surface area contributed by atoms with Crippen LogP contribution in [0.15, 0.2) is 30.2 Å². The van der Waals surface area contributed by atoms with E-state index < -0.39 is 73.9 Å². The second-order valence-corrected chi connectivity index (χ2v) is 5.14. The average Bonchev–Trinajstić information content (AvgIpc) is 2.80. The van der Waals surface area contributed by atoms with Crippen LogP contribution in [0.5, 0.6) is 5.75 Å². The maximum absolute atomic E-state index is 8.36. The van der Waals surface area contributed by atoms with Crippen molar-refractivity contribution < 1.29 is 21.2 Å². The highest BCUT2D eigenvalue weighted by Gasteiger charge is 2.09. The molecule has 1 aromatic carbocycles. The fraction of sp³-hybridized carbons (Fsp3) is 0.579. The monoisotopic (exact) mass is 312 g/mol. The molecule has 3 heteroatoms. The van der Waals surface area contributed by atoms with Gasteiger partial charge in [-0.2, -0.15) is 0 Å². The van der Waals surface area contributed by atoms with Gasteiger partial charge in [-0.1, -0.05) is 24.6 Å². The van der Waals surface area contributed by atoms with Crippen molar-refractivity contribution in [3.05, 3.63) is 35.8 Å². The van der Waals surface area contributed by atoms with E-state index in [1.54, 1.807) is 0 Å². The maximum atomic E-state index is 8.36. The summed E-state index contributed by atoms with van der Waals surface area (Å²) in [5.41, 5.74) is -0.787. The van der Waals surface area contributed by atoms with Crippen LogP contribution in [0.1, 0.15) is 52.7 Å². The van der Waals surface area contributed by atoms with E-state index in [-0.39, 0.29) is 12.1 Å². The van der Waals surface area contributed by atoms with Crippen LogP contribution >= 0.6 is 0 Å². The van der Waals surface area contributed by atoms with E-state index in [1.807, 2.05) is 4.90 Å². The number of hydrogen-bond donors (Lipinski definition) is 1. The Morgan fingerprint density at radius 2 is 2.09 bits per heavy atom. The number of hydrogen-bond acceptors (Lipinski definition) is 3. The van der Waals surface area contributed by atoms with Gasteiger partial charge >= 0.3 is 0 Å². The highest BCUT2D eigenvalue weighted by molar-refractivity contribution is 5.67. The molecule has 4 atom stereocenters. The Hall–Kier alpha value is -1.32. The number of rotatable bonds is 6. The predicted octanol–water partition coefficient (Wildman–Crippen LogP) is 3.32. The summed E-state index contributed by atoms with van der Waals surface area (Å²) >= 11 is 0. The molecule has 1 aromatic rings. The number of nitrogens with one attached hydrogen (secondary N) is 1. The first kappa shape index (κ1) is 6.66. The molecule has 2 aliphatic rings. The fourth-order valence-electron chi connectivity index (χ4n) is 2.37. The summed E-state index contributed by atoms with van der Waals surface area (Å²) < 4.78 is 103. The van der Waals surface area contributed by atoms with Gasteiger partial charge < -0.3 is 14.9 Å². The number of likely N-dealkylation sites (tertiary alicyclic amines) is 1. The third kappa shape index (κ3) is 4.59. The van der Waals surface area contributed by atoms with E-state index in [9.17, 15) is 0 Å². The highest BCUT2D eigenvalue weighted by Crippen LogP contribution is 2.22. The van der Waals surface area contributed by atoms with Gasteiger partial charge in [0, 0.05) is 18.5 Å². The number of nitrogens with zero attached hydrogens (tertiary/aromatic N) is 1. The molecule has 0 aliphatic carbocycles. The smallest absolute Gasteiger partial charge is 0.123 e. The summed E-state index contributed by atoms with van der Waals surface area (Å²) in [6.45, 7) is -4.25. The Labute approximate surface area is 151 Å². The molecule has 2 aliphatic heterocycles. The number of benzene rings is 1. The highest BCUT2D eigenvalue weighted by atomic mass is 16.5. The SMILES string of the molecule is [2H]C1=C(c2c([2H])c([2H])c(OC([2H])([2H])C([2H])CN3CCCCC3)c([2H])c2[2H])C([2H])C([2H])N([2H])C1[2H]. The molecule has 3 rings (SSSR count). The first-order chi connectivity index (χ1) is 15.8. The molecule has 0 saturated carbocycles. The van der Waals surface area contributed by atoms with Crippen molar-refractivity contribution in [3.63, 3.8) is 0 Å². The molecule has 120 valence electrons. The van der Waals surface area contributed by atoms with Crippen LogP contribution in [0.4, 0.5) is 0 Å². The summed E-state index contributed by atoms with van der Waals surface area (Å²) in [5.74, 6) is -0.684. The van der Waals surface area contributed by atoms with E-state index in [1.165, 1.54) is 0 Å². The summed E-state index contributed by atoms with van der Waals surface area (Å²) in [6.07, 6.45) is 0.0327. The van der Waals surface area contributed by atoms with Crippen molar-refractivity contribution in [1.82, 2.24) is 10.2 Å². The van der Waals surface area contributed by atoms with Gasteiger partial charge in [-0.3, -0.25) is 0 Å². The minimum absolute atomic E-state index is 0.0855. The van der Waals surface area contributed by atoms with Gasteiger partial charge in [-0.25, -0.2) is 0 Å². The zero-order valence-electron chi connectivity index (χ0n) is 24.4. The third-order valence-corrected chi connectivity index (χ3v) is 3.54. The lowest BCUT2D eigenvalue weighted by molar-refractivity contribution is 0.205. The molecule has 4 unspecified atom stereocenters. The Kier molecular flexibility index (Phi) is 2.53. The van der Waals surface area contributed by atoms with Gasteiger partial charge in [0.25, 0.3) is 0 Å². The molecule has 0 aromatic heterocycles. The number of ether oxygens (including phenoxy) is 1. The standard InChI is InChI=1S/C19H28N2O/c1-2-13-21(14-3-1)15-4-16-22-19-7-5-17(6-8-19)18-9-11-20-12-10-18/h5-9,20H,1-4,10-16H2/i4D,5D,6D,7D,8D,9D,10D,11D,12D,16D2/hD. The zero-order chi connectivity index (χ0) is 25.5. The van der Waals surface area contributed by atoms with Crippen molar-refractivity contribution in [1.29, 1.82) is 0 Å². The molecule has 1 fully saturated rings. The lowest BCUT2D eigenvalue weighted by Crippen LogP contribution is -2.31. The Morgan fingerprint density at radius 3 is 2.91 bits per heavy atom. The molecule has 0 spiro atoms. The van der Waals surface area contributed by atoms with Crippen molar-refractivity contribution in [3.8, 4) is 5.75 Å². The molecule has 22 heavy (non-hydrogen) atoms. The quantitative estimate of drug-likeness (QED) is 0.872. The van der Waals surface area contributed by atoms with E-state index in [2.05, 4.69) is 0 Å². The molecule has 0 radical (unpaired) electrons. The molecule has 1 N–H and O–H groups in total. The van der Waals surface area contributed by atoms with Gasteiger partial charge in [0.05, 0.1) is 16.2 Å². The van der Waals surface area contributed by atoms with Gasteiger partial charge in [0.2, 0.25) is 0 Å². The first-order valence-corrected chi connectivity index (χ1v) is 7.48. The van der Waals surface area contributed by atoms with Gasteiger partial charge in [0.1, 0.15) is 7.16 Å². The zero-order valence-corrected chi connectivity index (χ0v) is 12.4. The van der Waals surface area contributed by atoms with E-state index in [0.717, 1.165) is 32.4 Å². The Bertz CT molecular complexity index is 923. The molecule has 0 bridgehead atoms. The topological polar surface area (TPSA) is 24.5 Å². The fourth-order valence-corrected chi connectivity index (χ4v) is 2.37. The number of piperidine rings is 1. The van der Waals surface area contributed by atoms with Crippen LogP contribution < -0.4 is 10.0 Å². The summed E-state index contributed by atoms with van der Waals surface area (Å²) in [5, 5.41) is 0.447.